The molecule has 140 valence electrons. The molecular weight excluding hydrogens is 455 g/mol. The lowest BCUT2D eigenvalue weighted by molar-refractivity contribution is 0.880. The van der Waals surface area contributed by atoms with Gasteiger partial charge in [-0.3, -0.25) is 15.1 Å². The first-order valence-corrected chi connectivity index (χ1v) is 9.09. The van der Waals surface area contributed by atoms with Gasteiger partial charge in [0.05, 0.1) is 11.9 Å². The number of nitrogen functional groups attached to an aromatic ring is 2. The highest BCUT2D eigenvalue weighted by atomic mass is 127. The predicted molar refractivity (Wildman–Crippen MR) is 115 cm³/mol. The summed E-state index contributed by atoms with van der Waals surface area (Å²) >= 11 is 2.27. The smallest absolute Gasteiger partial charge is 0.145 e. The lowest BCUT2D eigenvalue weighted by atomic mass is 10.3. The van der Waals surface area contributed by atoms with Crippen molar-refractivity contribution in [3.8, 4) is 5.69 Å². The molecule has 0 atom stereocenters. The Bertz CT molecular complexity index is 932. The first-order chi connectivity index (χ1) is 12.9. The van der Waals surface area contributed by atoms with Crippen LogP contribution in [0.4, 0.5) is 11.6 Å². The summed E-state index contributed by atoms with van der Waals surface area (Å²) in [5.41, 5.74) is 13.7. The fraction of sp³-hybridized carbons (Fsp3) is 0.111. The van der Waals surface area contributed by atoms with Gasteiger partial charge in [-0.1, -0.05) is 0 Å². The molecule has 0 spiro atoms. The number of halogens is 1. The Morgan fingerprint density at radius 3 is 2.04 bits per heavy atom. The zero-order valence-electron chi connectivity index (χ0n) is 15.0. The van der Waals surface area contributed by atoms with Gasteiger partial charge in [-0.15, -0.1) is 0 Å². The van der Waals surface area contributed by atoms with Gasteiger partial charge in [0.1, 0.15) is 11.6 Å². The lowest BCUT2D eigenvalue weighted by Gasteiger charge is -2.00. The number of nitrogens with two attached hydrogens (primary N) is 2. The first-order valence-electron chi connectivity index (χ1n) is 8.01. The molecule has 0 saturated heterocycles. The van der Waals surface area contributed by atoms with E-state index in [1.807, 2.05) is 50.5 Å². The Morgan fingerprint density at radius 2 is 1.63 bits per heavy atom. The first kappa shape index (κ1) is 20.4. The average molecular weight is 476 g/mol. The molecule has 0 aliphatic carbocycles. The monoisotopic (exact) mass is 476 g/mol. The SMILES string of the molecule is Cc1cc(-n2ccc(N)n2)ccn1.Cc1cc(I)ccn1.Nc1ccn[nH]1. The van der Waals surface area contributed by atoms with Crippen LogP contribution in [0.25, 0.3) is 5.69 Å². The van der Waals surface area contributed by atoms with E-state index in [0.29, 0.717) is 11.6 Å². The third kappa shape index (κ3) is 7.44. The van der Waals surface area contributed by atoms with Gasteiger partial charge in [0.25, 0.3) is 0 Å². The Morgan fingerprint density at radius 1 is 0.926 bits per heavy atom. The van der Waals surface area contributed by atoms with Crippen molar-refractivity contribution in [3.05, 3.63) is 76.1 Å². The third-order valence-corrected chi connectivity index (χ3v) is 3.81. The number of aromatic amines is 1. The van der Waals surface area contributed by atoms with Gasteiger partial charge < -0.3 is 11.5 Å². The van der Waals surface area contributed by atoms with Gasteiger partial charge in [0, 0.05) is 39.6 Å². The summed E-state index contributed by atoms with van der Waals surface area (Å²) in [6, 6.07) is 11.3. The van der Waals surface area contributed by atoms with Gasteiger partial charge in [0.15, 0.2) is 0 Å². The number of aromatic nitrogens is 6. The van der Waals surface area contributed by atoms with Crippen LogP contribution in [0.5, 0.6) is 0 Å². The van der Waals surface area contributed by atoms with Crippen molar-refractivity contribution in [1.29, 1.82) is 0 Å². The Hall–Kier alpha value is -2.95. The van der Waals surface area contributed by atoms with E-state index >= 15 is 0 Å². The molecule has 4 aromatic rings. The van der Waals surface area contributed by atoms with Gasteiger partial charge >= 0.3 is 0 Å². The van der Waals surface area contributed by atoms with E-state index in [-0.39, 0.29) is 0 Å². The number of rotatable bonds is 1. The Labute approximate surface area is 171 Å². The summed E-state index contributed by atoms with van der Waals surface area (Å²) < 4.78 is 2.97. The van der Waals surface area contributed by atoms with E-state index in [1.165, 1.54) is 3.57 Å². The summed E-state index contributed by atoms with van der Waals surface area (Å²) in [5.74, 6) is 1.13. The van der Waals surface area contributed by atoms with Gasteiger partial charge in [-0.25, -0.2) is 4.68 Å². The number of nitrogens with zero attached hydrogens (tertiary/aromatic N) is 5. The minimum Gasteiger partial charge on any atom is -0.384 e. The summed E-state index contributed by atoms with van der Waals surface area (Å²) in [6.45, 7) is 3.93. The molecule has 27 heavy (non-hydrogen) atoms. The second-order valence-corrected chi connectivity index (χ2v) is 6.71. The molecule has 0 amide bonds. The maximum Gasteiger partial charge on any atom is 0.145 e. The highest BCUT2D eigenvalue weighted by Gasteiger charge is 1.97. The number of anilines is 2. The number of H-pyrrole nitrogens is 1. The van der Waals surface area contributed by atoms with E-state index < -0.39 is 0 Å². The van der Waals surface area contributed by atoms with Gasteiger partial charge in [-0.05, 0) is 66.8 Å². The maximum atomic E-state index is 5.51. The van der Waals surface area contributed by atoms with E-state index in [2.05, 4.69) is 47.9 Å². The van der Waals surface area contributed by atoms with Crippen LogP contribution in [0.1, 0.15) is 11.4 Å². The zero-order valence-corrected chi connectivity index (χ0v) is 17.2. The molecule has 0 saturated carbocycles. The van der Waals surface area contributed by atoms with Crippen LogP contribution in [-0.2, 0) is 0 Å². The minimum atomic E-state index is 0.523. The van der Waals surface area contributed by atoms with Crippen LogP contribution >= 0.6 is 22.6 Å². The lowest BCUT2D eigenvalue weighted by Crippen LogP contribution is -1.97. The van der Waals surface area contributed by atoms with Crippen LogP contribution in [0, 0.1) is 17.4 Å². The number of hydrogen-bond acceptors (Lipinski definition) is 6. The Balaban J connectivity index is 0.000000159. The van der Waals surface area contributed by atoms with Crippen molar-refractivity contribution < 1.29 is 0 Å². The largest absolute Gasteiger partial charge is 0.384 e. The fourth-order valence-electron chi connectivity index (χ4n) is 1.93. The number of aryl methyl sites for hydroxylation is 2. The standard InChI is InChI=1S/C9H10N4.C6H6IN.C3H5N3/c1-7-6-8(2-4-11-7)13-5-3-9(10)12-13;1-5-4-6(7)2-3-8-5;4-3-1-2-5-6-3/h2-6H,1H3,(H2,10,12);2-4H,1H3;1-2H,(H3,4,5,6). The van der Waals surface area contributed by atoms with Crippen LogP contribution < -0.4 is 11.5 Å². The number of hydrogen-bond donors (Lipinski definition) is 3. The van der Waals surface area contributed by atoms with Crippen molar-refractivity contribution in [3.63, 3.8) is 0 Å². The molecular formula is C18H21IN8. The van der Waals surface area contributed by atoms with Crippen molar-refractivity contribution in [2.24, 2.45) is 0 Å². The van der Waals surface area contributed by atoms with E-state index in [0.717, 1.165) is 17.1 Å². The summed E-state index contributed by atoms with van der Waals surface area (Å²) in [4.78, 5) is 8.13. The predicted octanol–water partition coefficient (Wildman–Crippen LogP) is 3.14. The Kier molecular flexibility index (Phi) is 7.74. The minimum absolute atomic E-state index is 0.523. The highest BCUT2D eigenvalue weighted by molar-refractivity contribution is 14.1. The average Bonchev–Trinajstić information content (AvgIpc) is 3.27. The quantitative estimate of drug-likeness (QED) is 0.363. The molecule has 4 heterocycles. The van der Waals surface area contributed by atoms with Crippen LogP contribution in [0.2, 0.25) is 0 Å². The highest BCUT2D eigenvalue weighted by Crippen LogP contribution is 2.08. The molecule has 4 rings (SSSR count). The summed E-state index contributed by atoms with van der Waals surface area (Å²) in [7, 11) is 0. The maximum absolute atomic E-state index is 5.51. The molecule has 9 heteroatoms. The van der Waals surface area contributed by atoms with Crippen LogP contribution in [0.3, 0.4) is 0 Å². The van der Waals surface area contributed by atoms with E-state index in [1.54, 1.807) is 29.2 Å². The summed E-state index contributed by atoms with van der Waals surface area (Å²) in [5, 5.41) is 10.2. The molecule has 0 bridgehead atoms. The normalized spacial score (nSPS) is 9.59. The van der Waals surface area contributed by atoms with Crippen molar-refractivity contribution >= 4 is 34.2 Å². The van der Waals surface area contributed by atoms with Crippen molar-refractivity contribution in [2.45, 2.75) is 13.8 Å². The van der Waals surface area contributed by atoms with Crippen LogP contribution in [-0.4, -0.2) is 29.9 Å². The molecule has 8 nitrogen and oxygen atoms in total. The third-order valence-electron chi connectivity index (χ3n) is 3.14. The zero-order chi connectivity index (χ0) is 19.6. The number of nitrogens with one attached hydrogen (secondary N) is 1. The molecule has 0 aliphatic rings. The van der Waals surface area contributed by atoms with E-state index in [4.69, 9.17) is 11.5 Å². The molecule has 0 unspecified atom stereocenters. The molecule has 4 aromatic heterocycles. The molecule has 0 aromatic carbocycles. The second-order valence-electron chi connectivity index (χ2n) is 5.47. The topological polar surface area (TPSA) is 124 Å². The fourth-order valence-corrected chi connectivity index (χ4v) is 2.54. The number of pyridine rings is 2. The van der Waals surface area contributed by atoms with Gasteiger partial charge in [0.2, 0.25) is 0 Å². The van der Waals surface area contributed by atoms with Crippen molar-refractivity contribution in [2.75, 3.05) is 11.5 Å². The molecule has 0 radical (unpaired) electrons. The molecule has 0 fully saturated rings. The van der Waals surface area contributed by atoms with Crippen LogP contribution in [0.15, 0.2) is 61.2 Å². The molecule has 0 aliphatic heterocycles. The summed E-state index contributed by atoms with van der Waals surface area (Å²) in [6.07, 6.45) is 7.00. The van der Waals surface area contributed by atoms with E-state index in [9.17, 15) is 0 Å². The molecule has 5 N–H and O–H groups in total. The van der Waals surface area contributed by atoms with Crippen molar-refractivity contribution in [1.82, 2.24) is 29.9 Å². The van der Waals surface area contributed by atoms with Gasteiger partial charge in [-0.2, -0.15) is 10.2 Å². The second kappa shape index (κ2) is 10.3.